The summed E-state index contributed by atoms with van der Waals surface area (Å²) in [6.07, 6.45) is 1.34. The molecule has 0 fully saturated rings. The summed E-state index contributed by atoms with van der Waals surface area (Å²) in [5.74, 6) is -0.440. The van der Waals surface area contributed by atoms with Crippen molar-refractivity contribution in [3.8, 4) is 17.3 Å². The van der Waals surface area contributed by atoms with E-state index in [1.807, 2.05) is 6.07 Å². The van der Waals surface area contributed by atoms with E-state index in [4.69, 9.17) is 15.7 Å². The summed E-state index contributed by atoms with van der Waals surface area (Å²) < 4.78 is 4.96. The van der Waals surface area contributed by atoms with Gasteiger partial charge in [0.25, 0.3) is 0 Å². The molecule has 2 aromatic rings. The highest BCUT2D eigenvalue weighted by Gasteiger charge is 2.16. The van der Waals surface area contributed by atoms with Crippen LogP contribution in [-0.2, 0) is 4.74 Å². The Morgan fingerprint density at radius 1 is 1.40 bits per heavy atom. The van der Waals surface area contributed by atoms with Crippen molar-refractivity contribution < 1.29 is 9.53 Å². The van der Waals surface area contributed by atoms with Crippen LogP contribution in [-0.4, -0.2) is 22.5 Å². The third-order valence-corrected chi connectivity index (χ3v) is 2.59. The van der Waals surface area contributed by atoms with Crippen LogP contribution >= 0.6 is 0 Å². The number of carbonyl (C=O) groups is 1. The normalized spacial score (nSPS) is 9.80. The number of nitrogens with two attached hydrogens (primary N) is 1. The molecule has 0 radical (unpaired) electrons. The van der Waals surface area contributed by atoms with Crippen LogP contribution < -0.4 is 5.73 Å². The summed E-state index contributed by atoms with van der Waals surface area (Å²) in [5, 5.41) is 8.79. The Balaban J connectivity index is 2.50. The van der Waals surface area contributed by atoms with Gasteiger partial charge in [0.15, 0.2) is 0 Å². The van der Waals surface area contributed by atoms with Crippen LogP contribution in [0.2, 0.25) is 0 Å². The average Bonchev–Trinajstić information content (AvgIpc) is 2.47. The molecule has 0 spiro atoms. The van der Waals surface area contributed by atoms with Gasteiger partial charge < -0.3 is 10.5 Å². The first-order valence-electron chi connectivity index (χ1n) is 5.96. The Morgan fingerprint density at radius 3 is 2.70 bits per heavy atom. The van der Waals surface area contributed by atoms with Crippen molar-refractivity contribution in [3.63, 3.8) is 0 Å². The Kier molecular flexibility index (Phi) is 3.91. The first-order chi connectivity index (χ1) is 9.65. The fourth-order valence-corrected chi connectivity index (χ4v) is 1.68. The van der Waals surface area contributed by atoms with E-state index in [2.05, 4.69) is 9.97 Å². The van der Waals surface area contributed by atoms with Crippen LogP contribution in [0.15, 0.2) is 30.5 Å². The van der Waals surface area contributed by atoms with Gasteiger partial charge in [-0.15, -0.1) is 0 Å². The van der Waals surface area contributed by atoms with Crippen molar-refractivity contribution in [2.45, 2.75) is 6.92 Å². The van der Waals surface area contributed by atoms with E-state index in [0.717, 1.165) is 0 Å². The van der Waals surface area contributed by atoms with Crippen LogP contribution in [0.25, 0.3) is 11.3 Å². The predicted molar refractivity (Wildman–Crippen MR) is 72.6 cm³/mol. The molecule has 0 aliphatic rings. The number of nitrogen functional groups attached to an aromatic ring is 1. The number of benzene rings is 1. The summed E-state index contributed by atoms with van der Waals surface area (Å²) in [7, 11) is 0. The van der Waals surface area contributed by atoms with E-state index in [1.165, 1.54) is 6.20 Å². The van der Waals surface area contributed by atoms with Gasteiger partial charge in [0.05, 0.1) is 23.9 Å². The van der Waals surface area contributed by atoms with E-state index >= 15 is 0 Å². The number of rotatable bonds is 3. The third kappa shape index (κ3) is 2.72. The van der Waals surface area contributed by atoms with Gasteiger partial charge in [-0.2, -0.15) is 5.26 Å². The second-order valence-electron chi connectivity index (χ2n) is 3.90. The minimum atomic E-state index is -0.508. The third-order valence-electron chi connectivity index (χ3n) is 2.59. The zero-order valence-corrected chi connectivity index (χ0v) is 10.8. The number of hydrogen-bond acceptors (Lipinski definition) is 6. The fraction of sp³-hybridized carbons (Fsp3) is 0.143. The van der Waals surface area contributed by atoms with Gasteiger partial charge in [0.1, 0.15) is 5.56 Å². The zero-order valence-electron chi connectivity index (χ0n) is 10.8. The molecule has 2 rings (SSSR count). The number of carbonyl (C=O) groups excluding carboxylic acids is 1. The van der Waals surface area contributed by atoms with Gasteiger partial charge in [-0.3, -0.25) is 0 Å². The highest BCUT2D eigenvalue weighted by molar-refractivity contribution is 5.96. The molecule has 0 saturated heterocycles. The highest BCUT2D eigenvalue weighted by atomic mass is 16.5. The monoisotopic (exact) mass is 268 g/mol. The maximum atomic E-state index is 11.9. The van der Waals surface area contributed by atoms with E-state index in [0.29, 0.717) is 16.8 Å². The smallest absolute Gasteiger partial charge is 0.341 e. The summed E-state index contributed by atoms with van der Waals surface area (Å²) in [6, 6.07) is 8.70. The maximum Gasteiger partial charge on any atom is 0.341 e. The zero-order chi connectivity index (χ0) is 14.5. The number of esters is 1. The van der Waals surface area contributed by atoms with Gasteiger partial charge in [0, 0.05) is 11.8 Å². The molecule has 0 saturated carbocycles. The molecule has 1 aromatic carbocycles. The van der Waals surface area contributed by atoms with E-state index in [-0.39, 0.29) is 18.1 Å². The number of hydrogen-bond donors (Lipinski definition) is 1. The first kappa shape index (κ1) is 13.5. The minimum Gasteiger partial charge on any atom is -0.462 e. The quantitative estimate of drug-likeness (QED) is 0.851. The lowest BCUT2D eigenvalue weighted by atomic mass is 10.1. The molecule has 0 aliphatic heterocycles. The van der Waals surface area contributed by atoms with Crippen LogP contribution in [0.4, 0.5) is 5.95 Å². The molecule has 1 aromatic heterocycles. The summed E-state index contributed by atoms with van der Waals surface area (Å²) >= 11 is 0. The molecule has 20 heavy (non-hydrogen) atoms. The van der Waals surface area contributed by atoms with Gasteiger partial charge in [-0.1, -0.05) is 12.1 Å². The van der Waals surface area contributed by atoms with Gasteiger partial charge in [0.2, 0.25) is 5.95 Å². The molecule has 0 atom stereocenters. The predicted octanol–water partition coefficient (Wildman–Crippen LogP) is 1.77. The molecular weight excluding hydrogens is 256 g/mol. The van der Waals surface area contributed by atoms with E-state index in [9.17, 15) is 4.79 Å². The molecule has 0 aliphatic carbocycles. The topological polar surface area (TPSA) is 102 Å². The maximum absolute atomic E-state index is 11.9. The van der Waals surface area contributed by atoms with Crippen molar-refractivity contribution in [3.05, 3.63) is 41.6 Å². The number of ether oxygens (including phenoxy) is 1. The van der Waals surface area contributed by atoms with Crippen molar-refractivity contribution in [1.29, 1.82) is 5.26 Å². The van der Waals surface area contributed by atoms with Crippen molar-refractivity contribution in [2.75, 3.05) is 12.3 Å². The van der Waals surface area contributed by atoms with Gasteiger partial charge >= 0.3 is 5.97 Å². The number of anilines is 1. The van der Waals surface area contributed by atoms with Crippen molar-refractivity contribution in [2.24, 2.45) is 0 Å². The van der Waals surface area contributed by atoms with E-state index in [1.54, 1.807) is 31.2 Å². The van der Waals surface area contributed by atoms with Crippen molar-refractivity contribution >= 4 is 11.9 Å². The summed E-state index contributed by atoms with van der Waals surface area (Å²) in [6.45, 7) is 1.98. The Morgan fingerprint density at radius 2 is 2.10 bits per heavy atom. The molecule has 1 heterocycles. The highest BCUT2D eigenvalue weighted by Crippen LogP contribution is 2.23. The molecule has 0 unspecified atom stereocenters. The number of nitrogens with zero attached hydrogens (tertiary/aromatic N) is 3. The first-order valence-corrected chi connectivity index (χ1v) is 5.96. The van der Waals surface area contributed by atoms with Crippen LogP contribution in [0.3, 0.4) is 0 Å². The summed E-state index contributed by atoms with van der Waals surface area (Å²) in [4.78, 5) is 19.8. The van der Waals surface area contributed by atoms with E-state index < -0.39 is 5.97 Å². The number of nitriles is 1. The Bertz CT molecular complexity index is 675. The summed E-state index contributed by atoms with van der Waals surface area (Å²) in [5.41, 5.74) is 7.39. The number of aromatic nitrogens is 2. The largest absolute Gasteiger partial charge is 0.462 e. The fourth-order valence-electron chi connectivity index (χ4n) is 1.68. The molecule has 0 bridgehead atoms. The Labute approximate surface area is 115 Å². The second-order valence-corrected chi connectivity index (χ2v) is 3.90. The average molecular weight is 268 g/mol. The second kappa shape index (κ2) is 5.80. The SMILES string of the molecule is CCOC(=O)c1cnc(N)nc1-c1ccc(C#N)cc1. The molecule has 0 amide bonds. The lowest BCUT2D eigenvalue weighted by Crippen LogP contribution is -2.10. The molecule has 100 valence electrons. The molecule has 2 N–H and O–H groups in total. The van der Waals surface area contributed by atoms with Crippen molar-refractivity contribution in [1.82, 2.24) is 9.97 Å². The molecule has 6 heteroatoms. The standard InChI is InChI=1S/C14H12N4O2/c1-2-20-13(19)11-8-17-14(16)18-12(11)10-5-3-9(7-15)4-6-10/h3-6,8H,2H2,1H3,(H2,16,17,18). The van der Waals surface area contributed by atoms with Crippen LogP contribution in [0.5, 0.6) is 0 Å². The lowest BCUT2D eigenvalue weighted by Gasteiger charge is -2.08. The van der Waals surface area contributed by atoms with Crippen LogP contribution in [0.1, 0.15) is 22.8 Å². The molecular formula is C14H12N4O2. The Hall–Kier alpha value is -2.94. The minimum absolute atomic E-state index is 0.0670. The molecule has 6 nitrogen and oxygen atoms in total. The van der Waals surface area contributed by atoms with Crippen LogP contribution in [0, 0.1) is 11.3 Å². The van der Waals surface area contributed by atoms with Gasteiger partial charge in [-0.05, 0) is 19.1 Å². The lowest BCUT2D eigenvalue weighted by molar-refractivity contribution is 0.0526. The van der Waals surface area contributed by atoms with Gasteiger partial charge in [-0.25, -0.2) is 14.8 Å².